The Morgan fingerprint density at radius 3 is 2.70 bits per heavy atom. The zero-order chi connectivity index (χ0) is 14.5. The summed E-state index contributed by atoms with van der Waals surface area (Å²) >= 11 is 8.41. The van der Waals surface area contributed by atoms with Crippen LogP contribution in [0.5, 0.6) is 0 Å². The van der Waals surface area contributed by atoms with Gasteiger partial charge in [0.1, 0.15) is 5.82 Å². The third-order valence-corrected chi connectivity index (χ3v) is 3.47. The third kappa shape index (κ3) is 4.02. The molecule has 0 unspecified atom stereocenters. The van der Waals surface area contributed by atoms with E-state index in [0.29, 0.717) is 15.3 Å². The zero-order valence-electron chi connectivity index (χ0n) is 10.9. The Morgan fingerprint density at radius 1 is 1.20 bits per heavy atom. The van der Waals surface area contributed by atoms with Gasteiger partial charge in [0.2, 0.25) is 0 Å². The summed E-state index contributed by atoms with van der Waals surface area (Å²) in [4.78, 5) is 0. The molecule has 2 nitrogen and oxygen atoms in total. The van der Waals surface area contributed by atoms with Crippen LogP contribution in [0.4, 0.5) is 15.8 Å². The minimum Gasteiger partial charge on any atom is -0.332 e. The van der Waals surface area contributed by atoms with E-state index in [1.54, 1.807) is 12.1 Å². The molecular weight excluding hydrogens is 339 g/mol. The lowest BCUT2D eigenvalue weighted by atomic mass is 10.1. The highest BCUT2D eigenvalue weighted by molar-refractivity contribution is 9.10. The predicted octanol–water partition coefficient (Wildman–Crippen LogP) is 4.96. The summed E-state index contributed by atoms with van der Waals surface area (Å²) in [5.74, 6) is -0.356. The fraction of sp³-hybridized carbons (Fsp3) is 0.133. The van der Waals surface area contributed by atoms with E-state index in [1.165, 1.54) is 11.6 Å². The highest BCUT2D eigenvalue weighted by atomic mass is 79.9. The van der Waals surface area contributed by atoms with Crippen molar-refractivity contribution in [2.75, 3.05) is 10.6 Å². The molecule has 0 heterocycles. The van der Waals surface area contributed by atoms with Gasteiger partial charge in [-0.05, 0) is 54.5 Å². The normalized spacial score (nSPS) is 10.2. The average molecular weight is 353 g/mol. The first-order valence-corrected chi connectivity index (χ1v) is 7.40. The van der Waals surface area contributed by atoms with Gasteiger partial charge in [-0.25, -0.2) is 4.39 Å². The lowest BCUT2D eigenvalue weighted by Crippen LogP contribution is -2.19. The van der Waals surface area contributed by atoms with Gasteiger partial charge < -0.3 is 10.6 Å². The Morgan fingerprint density at radius 2 is 2.00 bits per heavy atom. The van der Waals surface area contributed by atoms with Crippen molar-refractivity contribution in [1.82, 2.24) is 0 Å². The fourth-order valence-corrected chi connectivity index (χ4v) is 2.31. The second-order valence-corrected chi connectivity index (χ2v) is 5.58. The molecule has 0 bridgehead atoms. The highest BCUT2D eigenvalue weighted by Gasteiger charge is 2.05. The van der Waals surface area contributed by atoms with Crippen molar-refractivity contribution >= 4 is 44.6 Å². The molecule has 5 heteroatoms. The molecule has 2 rings (SSSR count). The van der Waals surface area contributed by atoms with Crippen molar-refractivity contribution in [3.63, 3.8) is 0 Å². The van der Waals surface area contributed by atoms with E-state index in [1.807, 2.05) is 18.2 Å². The summed E-state index contributed by atoms with van der Waals surface area (Å²) < 4.78 is 14.4. The molecule has 2 aromatic rings. The van der Waals surface area contributed by atoms with Gasteiger partial charge in [-0.1, -0.05) is 35.0 Å². The SMILES string of the molecule is CCc1cccc(NC(=S)Nc2ccc(Br)cc2F)c1. The Hall–Kier alpha value is -1.46. The first kappa shape index (κ1) is 14.9. The molecular formula is C15H14BrFN2S. The van der Waals surface area contributed by atoms with Crippen LogP contribution in [0.25, 0.3) is 0 Å². The topological polar surface area (TPSA) is 24.1 Å². The summed E-state index contributed by atoms with van der Waals surface area (Å²) in [5.41, 5.74) is 2.45. The standard InChI is InChI=1S/C15H14BrFN2S/c1-2-10-4-3-5-12(8-10)18-15(20)19-14-7-6-11(16)9-13(14)17/h3-9H,2H2,1H3,(H2,18,19,20). The van der Waals surface area contributed by atoms with Crippen molar-refractivity contribution in [1.29, 1.82) is 0 Å². The fourth-order valence-electron chi connectivity index (χ4n) is 1.74. The lowest BCUT2D eigenvalue weighted by molar-refractivity contribution is 0.631. The molecule has 0 amide bonds. The largest absolute Gasteiger partial charge is 0.332 e. The van der Waals surface area contributed by atoms with E-state index >= 15 is 0 Å². The molecule has 20 heavy (non-hydrogen) atoms. The minimum atomic E-state index is -0.356. The van der Waals surface area contributed by atoms with Crippen LogP contribution in [0, 0.1) is 5.82 Å². The Balaban J connectivity index is 2.05. The maximum Gasteiger partial charge on any atom is 0.175 e. The summed E-state index contributed by atoms with van der Waals surface area (Å²) in [6.45, 7) is 2.09. The van der Waals surface area contributed by atoms with Crippen LogP contribution in [0.1, 0.15) is 12.5 Å². The van der Waals surface area contributed by atoms with Crippen LogP contribution in [0.2, 0.25) is 0 Å². The number of aryl methyl sites for hydroxylation is 1. The van der Waals surface area contributed by atoms with Crippen molar-refractivity contribution < 1.29 is 4.39 Å². The molecule has 0 spiro atoms. The van der Waals surface area contributed by atoms with Gasteiger partial charge >= 0.3 is 0 Å². The number of anilines is 2. The van der Waals surface area contributed by atoms with E-state index in [2.05, 4.69) is 39.6 Å². The molecule has 0 aliphatic carbocycles. The lowest BCUT2D eigenvalue weighted by Gasteiger charge is -2.12. The van der Waals surface area contributed by atoms with Crippen LogP contribution < -0.4 is 10.6 Å². The van der Waals surface area contributed by atoms with Gasteiger partial charge in [0.15, 0.2) is 5.11 Å². The van der Waals surface area contributed by atoms with Crippen LogP contribution in [-0.4, -0.2) is 5.11 Å². The van der Waals surface area contributed by atoms with Gasteiger partial charge in [0.05, 0.1) is 5.69 Å². The van der Waals surface area contributed by atoms with Crippen molar-refractivity contribution in [2.45, 2.75) is 13.3 Å². The minimum absolute atomic E-state index is 0.345. The molecule has 0 atom stereocenters. The molecule has 0 aliphatic heterocycles. The number of thiocarbonyl (C=S) groups is 1. The third-order valence-electron chi connectivity index (χ3n) is 2.77. The number of rotatable bonds is 3. The molecule has 0 saturated heterocycles. The van der Waals surface area contributed by atoms with Gasteiger partial charge in [0.25, 0.3) is 0 Å². The van der Waals surface area contributed by atoms with Gasteiger partial charge in [0, 0.05) is 10.2 Å². The van der Waals surface area contributed by atoms with Crippen molar-refractivity contribution in [3.05, 3.63) is 58.3 Å². The second kappa shape index (κ2) is 6.81. The van der Waals surface area contributed by atoms with Crippen LogP contribution in [0.3, 0.4) is 0 Å². The average Bonchev–Trinajstić information content (AvgIpc) is 2.42. The predicted molar refractivity (Wildman–Crippen MR) is 89.8 cm³/mol. The quantitative estimate of drug-likeness (QED) is 0.763. The van der Waals surface area contributed by atoms with E-state index in [4.69, 9.17) is 12.2 Å². The van der Waals surface area contributed by atoms with Gasteiger partial charge in [-0.3, -0.25) is 0 Å². The van der Waals surface area contributed by atoms with Crippen molar-refractivity contribution in [3.8, 4) is 0 Å². The van der Waals surface area contributed by atoms with Crippen molar-refractivity contribution in [2.24, 2.45) is 0 Å². The van der Waals surface area contributed by atoms with Crippen LogP contribution in [-0.2, 0) is 6.42 Å². The number of benzene rings is 2. The van der Waals surface area contributed by atoms with Gasteiger partial charge in [-0.15, -0.1) is 0 Å². The van der Waals surface area contributed by atoms with E-state index < -0.39 is 0 Å². The van der Waals surface area contributed by atoms with E-state index in [9.17, 15) is 4.39 Å². The maximum atomic E-state index is 13.7. The monoisotopic (exact) mass is 352 g/mol. The number of halogens is 2. The summed E-state index contributed by atoms with van der Waals surface area (Å²) in [6, 6.07) is 12.7. The Kier molecular flexibility index (Phi) is 5.09. The zero-order valence-corrected chi connectivity index (χ0v) is 13.3. The number of nitrogens with one attached hydrogen (secondary N) is 2. The smallest absolute Gasteiger partial charge is 0.175 e. The summed E-state index contributed by atoms with van der Waals surface area (Å²) in [7, 11) is 0. The van der Waals surface area contributed by atoms with E-state index in [0.717, 1.165) is 12.1 Å². The molecule has 2 N–H and O–H groups in total. The summed E-state index contributed by atoms with van der Waals surface area (Å²) in [5, 5.41) is 6.26. The first-order valence-electron chi connectivity index (χ1n) is 6.20. The summed E-state index contributed by atoms with van der Waals surface area (Å²) in [6.07, 6.45) is 0.955. The second-order valence-electron chi connectivity index (χ2n) is 4.26. The van der Waals surface area contributed by atoms with Gasteiger partial charge in [-0.2, -0.15) is 0 Å². The molecule has 104 valence electrons. The number of hydrogen-bond acceptors (Lipinski definition) is 1. The highest BCUT2D eigenvalue weighted by Crippen LogP contribution is 2.20. The maximum absolute atomic E-state index is 13.7. The molecule has 2 aromatic carbocycles. The Bertz CT molecular complexity index is 631. The van der Waals surface area contributed by atoms with Crippen LogP contribution >= 0.6 is 28.1 Å². The van der Waals surface area contributed by atoms with Crippen LogP contribution in [0.15, 0.2) is 46.9 Å². The molecule has 0 aliphatic rings. The molecule has 0 radical (unpaired) electrons. The molecule has 0 aromatic heterocycles. The number of hydrogen-bond donors (Lipinski definition) is 2. The van der Waals surface area contributed by atoms with E-state index in [-0.39, 0.29) is 5.82 Å². The molecule has 0 fully saturated rings. The Labute approximate surface area is 131 Å². The first-order chi connectivity index (χ1) is 9.58. The molecule has 0 saturated carbocycles.